The Labute approximate surface area is 54.8 Å². The van der Waals surface area contributed by atoms with Crippen molar-refractivity contribution < 1.29 is 4.79 Å². The minimum absolute atomic E-state index is 0.0880. The summed E-state index contributed by atoms with van der Waals surface area (Å²) in [6.07, 6.45) is 3.11. The predicted molar refractivity (Wildman–Crippen MR) is 34.2 cm³/mol. The molecule has 47 valence electrons. The first-order valence-corrected chi connectivity index (χ1v) is 2.70. The summed E-state index contributed by atoms with van der Waals surface area (Å²) in [6.45, 7) is 3.80. The molecule has 0 rings (SSSR count). The minimum Gasteiger partial charge on any atom is -0.284 e. The van der Waals surface area contributed by atoms with Crippen LogP contribution in [0.2, 0.25) is 0 Å². The van der Waals surface area contributed by atoms with Gasteiger partial charge in [0, 0.05) is 0 Å². The van der Waals surface area contributed by atoms with Gasteiger partial charge in [0.2, 0.25) is 6.29 Å². The summed E-state index contributed by atoms with van der Waals surface area (Å²) >= 11 is 0. The standard InChI is InChI=1S/C7H8NO/c1-6(2)3-7(4-8)5-9/h3,6H,1-2H3. The summed E-state index contributed by atoms with van der Waals surface area (Å²) in [5, 5.41) is 8.19. The topological polar surface area (TPSA) is 40.9 Å². The van der Waals surface area contributed by atoms with E-state index in [1.165, 1.54) is 6.29 Å². The Morgan fingerprint density at radius 1 is 1.67 bits per heavy atom. The van der Waals surface area contributed by atoms with E-state index in [0.29, 0.717) is 0 Å². The van der Waals surface area contributed by atoms with Crippen molar-refractivity contribution in [2.45, 2.75) is 13.8 Å². The second-order valence-corrected chi connectivity index (χ2v) is 2.04. The summed E-state index contributed by atoms with van der Waals surface area (Å²) in [5.74, 6) is 0.237. The summed E-state index contributed by atoms with van der Waals surface area (Å²) in [6, 6.07) is 1.72. The lowest BCUT2D eigenvalue weighted by Crippen LogP contribution is -1.84. The van der Waals surface area contributed by atoms with Gasteiger partial charge in [-0.15, -0.1) is 0 Å². The van der Waals surface area contributed by atoms with E-state index in [9.17, 15) is 4.79 Å². The van der Waals surface area contributed by atoms with E-state index in [0.717, 1.165) is 0 Å². The summed E-state index contributed by atoms with van der Waals surface area (Å²) < 4.78 is 0. The highest BCUT2D eigenvalue weighted by atomic mass is 16.1. The number of rotatable bonds is 2. The largest absolute Gasteiger partial charge is 0.284 e. The molecule has 0 fully saturated rings. The molecule has 9 heavy (non-hydrogen) atoms. The van der Waals surface area contributed by atoms with Crippen molar-refractivity contribution in [3.63, 3.8) is 0 Å². The molecule has 0 amide bonds. The van der Waals surface area contributed by atoms with Gasteiger partial charge < -0.3 is 0 Å². The number of nitrogens with zero attached hydrogens (tertiary/aromatic N) is 1. The lowest BCUT2D eigenvalue weighted by molar-refractivity contribution is 0.562. The highest BCUT2D eigenvalue weighted by Gasteiger charge is 1.93. The lowest BCUT2D eigenvalue weighted by Gasteiger charge is -1.90. The molecule has 0 spiro atoms. The minimum atomic E-state index is 0.0880. The average Bonchev–Trinajstić information content (AvgIpc) is 1.82. The maximum atomic E-state index is 9.86. The number of hydrogen-bond acceptors (Lipinski definition) is 2. The van der Waals surface area contributed by atoms with Gasteiger partial charge in [-0.3, -0.25) is 4.79 Å². The molecule has 2 nitrogen and oxygen atoms in total. The number of nitriles is 1. The van der Waals surface area contributed by atoms with Crippen LogP contribution in [0, 0.1) is 17.2 Å². The highest BCUT2D eigenvalue weighted by Crippen LogP contribution is 1.97. The van der Waals surface area contributed by atoms with E-state index in [-0.39, 0.29) is 11.5 Å². The van der Waals surface area contributed by atoms with E-state index in [4.69, 9.17) is 5.26 Å². The van der Waals surface area contributed by atoms with Gasteiger partial charge in [-0.1, -0.05) is 19.9 Å². The Balaban J connectivity index is 4.12. The smallest absolute Gasteiger partial charge is 0.244 e. The molecule has 0 atom stereocenters. The highest BCUT2D eigenvalue weighted by molar-refractivity contribution is 5.79. The van der Waals surface area contributed by atoms with Crippen LogP contribution in [0.1, 0.15) is 13.8 Å². The Morgan fingerprint density at radius 2 is 2.22 bits per heavy atom. The summed E-state index contributed by atoms with van der Waals surface area (Å²) in [4.78, 5) is 9.86. The van der Waals surface area contributed by atoms with E-state index < -0.39 is 0 Å². The first kappa shape index (κ1) is 7.90. The van der Waals surface area contributed by atoms with Crippen LogP contribution in [0.5, 0.6) is 0 Å². The van der Waals surface area contributed by atoms with Gasteiger partial charge >= 0.3 is 0 Å². The normalized spacial score (nSPS) is 11.1. The Kier molecular flexibility index (Phi) is 3.38. The molecule has 0 saturated heterocycles. The monoisotopic (exact) mass is 122 g/mol. The zero-order valence-electron chi connectivity index (χ0n) is 5.51. The van der Waals surface area contributed by atoms with Crippen molar-refractivity contribution in [2.24, 2.45) is 5.92 Å². The van der Waals surface area contributed by atoms with Crippen molar-refractivity contribution in [2.75, 3.05) is 0 Å². The Bertz CT molecular complexity index is 162. The van der Waals surface area contributed by atoms with Crippen molar-refractivity contribution >= 4 is 6.29 Å². The summed E-state index contributed by atoms with van der Waals surface area (Å²) in [7, 11) is 0. The second kappa shape index (κ2) is 3.85. The molecule has 0 aliphatic rings. The first-order chi connectivity index (χ1) is 4.20. The molecule has 0 aliphatic heterocycles. The Hall–Kier alpha value is -1.10. The molecule has 0 aromatic carbocycles. The van der Waals surface area contributed by atoms with Gasteiger partial charge in [-0.05, 0) is 5.92 Å². The molecule has 0 bridgehead atoms. The van der Waals surface area contributed by atoms with Crippen LogP contribution < -0.4 is 0 Å². The maximum Gasteiger partial charge on any atom is 0.244 e. The maximum absolute atomic E-state index is 9.86. The quantitative estimate of drug-likeness (QED) is 0.408. The molecule has 2 heteroatoms. The molecule has 0 heterocycles. The van der Waals surface area contributed by atoms with Crippen molar-refractivity contribution in [1.29, 1.82) is 5.26 Å². The molecular weight excluding hydrogens is 114 g/mol. The van der Waals surface area contributed by atoms with Crippen molar-refractivity contribution in [1.82, 2.24) is 0 Å². The Morgan fingerprint density at radius 3 is 2.33 bits per heavy atom. The third kappa shape index (κ3) is 3.48. The fraction of sp³-hybridized carbons (Fsp3) is 0.429. The van der Waals surface area contributed by atoms with Crippen LogP contribution in [0.25, 0.3) is 0 Å². The van der Waals surface area contributed by atoms with E-state index in [2.05, 4.69) is 0 Å². The predicted octanol–water partition coefficient (Wildman–Crippen LogP) is 1.20. The van der Waals surface area contributed by atoms with Crippen LogP contribution in [-0.4, -0.2) is 6.29 Å². The van der Waals surface area contributed by atoms with E-state index >= 15 is 0 Å². The van der Waals surface area contributed by atoms with Gasteiger partial charge in [0.05, 0.1) is 5.57 Å². The number of carbonyl (C=O) groups excluding carboxylic acids is 1. The van der Waals surface area contributed by atoms with Crippen molar-refractivity contribution in [3.8, 4) is 6.07 Å². The van der Waals surface area contributed by atoms with Crippen LogP contribution in [0.15, 0.2) is 11.6 Å². The number of hydrogen-bond donors (Lipinski definition) is 0. The van der Waals surface area contributed by atoms with Crippen molar-refractivity contribution in [3.05, 3.63) is 11.6 Å². The zero-order chi connectivity index (χ0) is 7.28. The van der Waals surface area contributed by atoms with Gasteiger partial charge in [0.25, 0.3) is 0 Å². The van der Waals surface area contributed by atoms with Gasteiger partial charge in [0.1, 0.15) is 6.07 Å². The molecule has 0 unspecified atom stereocenters. The van der Waals surface area contributed by atoms with Gasteiger partial charge in [-0.2, -0.15) is 5.26 Å². The molecule has 1 radical (unpaired) electrons. The third-order valence-corrected chi connectivity index (χ3v) is 0.730. The van der Waals surface area contributed by atoms with Crippen LogP contribution >= 0.6 is 0 Å². The molecule has 0 saturated carbocycles. The fourth-order valence-electron chi connectivity index (χ4n) is 0.427. The first-order valence-electron chi connectivity index (χ1n) is 2.70. The van der Waals surface area contributed by atoms with E-state index in [1.54, 1.807) is 12.1 Å². The second-order valence-electron chi connectivity index (χ2n) is 2.04. The van der Waals surface area contributed by atoms with Crippen LogP contribution in [0.3, 0.4) is 0 Å². The molecule has 0 N–H and O–H groups in total. The molecule has 0 aliphatic carbocycles. The lowest BCUT2D eigenvalue weighted by atomic mass is 10.1. The van der Waals surface area contributed by atoms with Gasteiger partial charge in [0.15, 0.2) is 0 Å². The zero-order valence-corrected chi connectivity index (χ0v) is 5.51. The van der Waals surface area contributed by atoms with Crippen LogP contribution in [0.4, 0.5) is 0 Å². The van der Waals surface area contributed by atoms with Crippen LogP contribution in [-0.2, 0) is 4.79 Å². The van der Waals surface area contributed by atoms with Gasteiger partial charge in [-0.25, -0.2) is 0 Å². The molecule has 0 aromatic rings. The fourth-order valence-corrected chi connectivity index (χ4v) is 0.427. The van der Waals surface area contributed by atoms with E-state index in [1.807, 2.05) is 13.8 Å². The summed E-state index contributed by atoms with van der Waals surface area (Å²) in [5.41, 5.74) is 0.0880. The molecular formula is C7H8NO. The number of allylic oxidation sites excluding steroid dienone is 2. The average molecular weight is 122 g/mol. The SMILES string of the molecule is CC(C)C=C([C]=O)C#N. The third-order valence-electron chi connectivity index (χ3n) is 0.730. The molecule has 0 aromatic heterocycles.